The highest BCUT2D eigenvalue weighted by molar-refractivity contribution is 5.18. The predicted octanol–water partition coefficient (Wildman–Crippen LogP) is 4.33. The Kier molecular flexibility index (Phi) is 4.61. The maximum Gasteiger partial charge on any atom is 0.0818 e. The van der Waals surface area contributed by atoms with Crippen LogP contribution in [0.3, 0.4) is 0 Å². The van der Waals surface area contributed by atoms with E-state index in [-0.39, 0.29) is 6.10 Å². The van der Waals surface area contributed by atoms with E-state index in [1.807, 2.05) is 30.3 Å². The van der Waals surface area contributed by atoms with Crippen molar-refractivity contribution in [2.24, 2.45) is 11.8 Å². The summed E-state index contributed by atoms with van der Waals surface area (Å²) in [5.41, 5.74) is 1.07. The van der Waals surface area contributed by atoms with Gasteiger partial charge in [-0.05, 0) is 17.4 Å². The van der Waals surface area contributed by atoms with Crippen LogP contribution in [0.15, 0.2) is 30.3 Å². The standard InChI is InChI=1S/C16H24O/c1-13(14-9-5-2-3-6-10-14)16(17)15-11-7-4-8-12-15/h4,7-8,11-14,16-17H,2-3,5-6,9-10H2,1H3. The summed E-state index contributed by atoms with van der Waals surface area (Å²) in [4.78, 5) is 0. The zero-order valence-corrected chi connectivity index (χ0v) is 10.8. The summed E-state index contributed by atoms with van der Waals surface area (Å²) < 4.78 is 0. The number of hydrogen-bond acceptors (Lipinski definition) is 1. The molecule has 2 unspecified atom stereocenters. The first-order valence-electron chi connectivity index (χ1n) is 7.02. The number of rotatable bonds is 3. The highest BCUT2D eigenvalue weighted by Crippen LogP contribution is 2.35. The first-order valence-corrected chi connectivity index (χ1v) is 7.02. The fraction of sp³-hybridized carbons (Fsp3) is 0.625. The van der Waals surface area contributed by atoms with Crippen LogP contribution in [-0.4, -0.2) is 5.11 Å². The Morgan fingerprint density at radius 3 is 2.18 bits per heavy atom. The highest BCUT2D eigenvalue weighted by atomic mass is 16.3. The maximum absolute atomic E-state index is 10.4. The molecule has 94 valence electrons. The Balaban J connectivity index is 2.00. The van der Waals surface area contributed by atoms with Crippen LogP contribution in [0.2, 0.25) is 0 Å². The highest BCUT2D eigenvalue weighted by Gasteiger charge is 2.25. The molecule has 1 aliphatic rings. The van der Waals surface area contributed by atoms with Crippen molar-refractivity contribution in [3.05, 3.63) is 35.9 Å². The minimum Gasteiger partial charge on any atom is -0.388 e. The fourth-order valence-corrected chi connectivity index (χ4v) is 3.05. The van der Waals surface area contributed by atoms with Gasteiger partial charge in [0.25, 0.3) is 0 Å². The van der Waals surface area contributed by atoms with E-state index in [0.717, 1.165) is 5.56 Å². The van der Waals surface area contributed by atoms with Crippen molar-refractivity contribution in [3.63, 3.8) is 0 Å². The lowest BCUT2D eigenvalue weighted by molar-refractivity contribution is 0.0767. The van der Waals surface area contributed by atoms with E-state index in [1.165, 1.54) is 38.5 Å². The van der Waals surface area contributed by atoms with Gasteiger partial charge in [0.05, 0.1) is 6.10 Å². The third-order valence-electron chi connectivity index (χ3n) is 4.28. The Hall–Kier alpha value is -0.820. The molecule has 0 aliphatic heterocycles. The largest absolute Gasteiger partial charge is 0.388 e. The third-order valence-corrected chi connectivity index (χ3v) is 4.28. The summed E-state index contributed by atoms with van der Waals surface area (Å²) in [6.45, 7) is 2.22. The zero-order valence-electron chi connectivity index (χ0n) is 10.8. The second-order valence-corrected chi connectivity index (χ2v) is 5.47. The lowest BCUT2D eigenvalue weighted by atomic mass is 9.81. The lowest BCUT2D eigenvalue weighted by Gasteiger charge is -2.27. The molecule has 1 aromatic rings. The van der Waals surface area contributed by atoms with E-state index >= 15 is 0 Å². The monoisotopic (exact) mass is 232 g/mol. The maximum atomic E-state index is 10.4. The van der Waals surface area contributed by atoms with Crippen LogP contribution in [0, 0.1) is 11.8 Å². The quantitative estimate of drug-likeness (QED) is 0.769. The van der Waals surface area contributed by atoms with Gasteiger partial charge in [-0.3, -0.25) is 0 Å². The van der Waals surface area contributed by atoms with Crippen LogP contribution in [0.1, 0.15) is 57.1 Å². The number of aliphatic hydroxyl groups excluding tert-OH is 1. The first-order chi connectivity index (χ1) is 8.29. The summed E-state index contributed by atoms with van der Waals surface area (Å²) in [5.74, 6) is 1.09. The fourth-order valence-electron chi connectivity index (χ4n) is 3.05. The van der Waals surface area contributed by atoms with Gasteiger partial charge in [-0.15, -0.1) is 0 Å². The molecule has 2 rings (SSSR count). The van der Waals surface area contributed by atoms with Gasteiger partial charge < -0.3 is 5.11 Å². The van der Waals surface area contributed by atoms with Crippen molar-refractivity contribution in [3.8, 4) is 0 Å². The molecule has 1 aliphatic carbocycles. The SMILES string of the molecule is CC(C1CCCCCC1)C(O)c1ccccc1. The summed E-state index contributed by atoms with van der Waals surface area (Å²) in [7, 11) is 0. The smallest absolute Gasteiger partial charge is 0.0818 e. The van der Waals surface area contributed by atoms with Gasteiger partial charge in [-0.1, -0.05) is 75.8 Å². The number of aliphatic hydroxyl groups is 1. The molecular formula is C16H24O. The first kappa shape index (κ1) is 12.6. The van der Waals surface area contributed by atoms with Crippen LogP contribution >= 0.6 is 0 Å². The van der Waals surface area contributed by atoms with Crippen molar-refractivity contribution in [2.45, 2.75) is 51.6 Å². The second-order valence-electron chi connectivity index (χ2n) is 5.47. The predicted molar refractivity (Wildman–Crippen MR) is 71.8 cm³/mol. The molecule has 1 nitrogen and oxygen atoms in total. The van der Waals surface area contributed by atoms with E-state index in [9.17, 15) is 5.11 Å². The van der Waals surface area contributed by atoms with Crippen molar-refractivity contribution >= 4 is 0 Å². The average molecular weight is 232 g/mol. The van der Waals surface area contributed by atoms with Crippen LogP contribution in [-0.2, 0) is 0 Å². The minimum absolute atomic E-state index is 0.292. The molecule has 0 aromatic heterocycles. The Labute approximate surface area is 105 Å². The molecule has 2 atom stereocenters. The average Bonchev–Trinajstić information content (AvgIpc) is 2.67. The topological polar surface area (TPSA) is 20.2 Å². The molecule has 0 heterocycles. The Morgan fingerprint density at radius 2 is 1.59 bits per heavy atom. The van der Waals surface area contributed by atoms with Crippen molar-refractivity contribution < 1.29 is 5.11 Å². The van der Waals surface area contributed by atoms with E-state index in [1.54, 1.807) is 0 Å². The normalized spacial score (nSPS) is 21.8. The summed E-state index contributed by atoms with van der Waals surface area (Å²) >= 11 is 0. The molecule has 1 fully saturated rings. The molecule has 1 aromatic carbocycles. The Bertz CT molecular complexity index is 312. The summed E-state index contributed by atoms with van der Waals surface area (Å²) in [6.07, 6.45) is 7.75. The molecule has 0 saturated heterocycles. The van der Waals surface area contributed by atoms with Crippen LogP contribution < -0.4 is 0 Å². The Morgan fingerprint density at radius 1 is 1.00 bits per heavy atom. The molecule has 0 amide bonds. The van der Waals surface area contributed by atoms with E-state index < -0.39 is 0 Å². The van der Waals surface area contributed by atoms with Gasteiger partial charge in [0.15, 0.2) is 0 Å². The second kappa shape index (κ2) is 6.20. The van der Waals surface area contributed by atoms with Gasteiger partial charge in [0, 0.05) is 0 Å². The van der Waals surface area contributed by atoms with Gasteiger partial charge >= 0.3 is 0 Å². The molecule has 1 heteroatoms. The number of hydrogen-bond donors (Lipinski definition) is 1. The number of benzene rings is 1. The van der Waals surface area contributed by atoms with E-state index in [2.05, 4.69) is 6.92 Å². The molecule has 17 heavy (non-hydrogen) atoms. The van der Waals surface area contributed by atoms with E-state index in [0.29, 0.717) is 11.8 Å². The molecule has 1 N–H and O–H groups in total. The molecule has 0 spiro atoms. The molecule has 0 radical (unpaired) electrons. The van der Waals surface area contributed by atoms with E-state index in [4.69, 9.17) is 0 Å². The third kappa shape index (κ3) is 3.32. The van der Waals surface area contributed by atoms with Crippen LogP contribution in [0.4, 0.5) is 0 Å². The lowest BCUT2D eigenvalue weighted by Crippen LogP contribution is -2.19. The summed E-state index contributed by atoms with van der Waals surface area (Å²) in [5, 5.41) is 10.4. The minimum atomic E-state index is -0.292. The zero-order chi connectivity index (χ0) is 12.1. The summed E-state index contributed by atoms with van der Waals surface area (Å²) in [6, 6.07) is 10.1. The van der Waals surface area contributed by atoms with Crippen molar-refractivity contribution in [1.29, 1.82) is 0 Å². The van der Waals surface area contributed by atoms with Crippen molar-refractivity contribution in [1.82, 2.24) is 0 Å². The van der Waals surface area contributed by atoms with Crippen LogP contribution in [0.25, 0.3) is 0 Å². The van der Waals surface area contributed by atoms with Gasteiger partial charge in [0.2, 0.25) is 0 Å². The van der Waals surface area contributed by atoms with Gasteiger partial charge in [0.1, 0.15) is 0 Å². The molecule has 1 saturated carbocycles. The van der Waals surface area contributed by atoms with Gasteiger partial charge in [-0.25, -0.2) is 0 Å². The van der Waals surface area contributed by atoms with Crippen molar-refractivity contribution in [2.75, 3.05) is 0 Å². The molecule has 0 bridgehead atoms. The van der Waals surface area contributed by atoms with Crippen LogP contribution in [0.5, 0.6) is 0 Å². The molecular weight excluding hydrogens is 208 g/mol. The van der Waals surface area contributed by atoms with Gasteiger partial charge in [-0.2, -0.15) is 0 Å².